The fourth-order valence-electron chi connectivity index (χ4n) is 1.47. The molecule has 98 valence electrons. The van der Waals surface area contributed by atoms with Crippen LogP contribution in [0.3, 0.4) is 0 Å². The lowest BCUT2D eigenvalue weighted by atomic mass is 10.2. The number of carbonyl (C=O) groups is 2. The number of imide groups is 1. The largest absolute Gasteiger partial charge is 0.459 e. The molecule has 0 spiro atoms. The van der Waals surface area contributed by atoms with Crippen molar-refractivity contribution in [1.29, 1.82) is 0 Å². The summed E-state index contributed by atoms with van der Waals surface area (Å²) in [5.41, 5.74) is 1.27. The van der Waals surface area contributed by atoms with Gasteiger partial charge in [-0.05, 0) is 36.8 Å². The minimum atomic E-state index is -0.647. The van der Waals surface area contributed by atoms with Gasteiger partial charge in [0.15, 0.2) is 5.76 Å². The van der Waals surface area contributed by atoms with Crippen molar-refractivity contribution in [1.82, 2.24) is 5.32 Å². The number of hydrogen-bond donors (Lipinski definition) is 2. The van der Waals surface area contributed by atoms with E-state index in [-0.39, 0.29) is 5.76 Å². The van der Waals surface area contributed by atoms with E-state index in [1.165, 1.54) is 12.3 Å². The number of anilines is 1. The van der Waals surface area contributed by atoms with E-state index in [9.17, 15) is 9.59 Å². The second-order valence-corrected chi connectivity index (χ2v) is 4.21. The van der Waals surface area contributed by atoms with Gasteiger partial charge in [-0.15, -0.1) is 0 Å². The zero-order valence-electron chi connectivity index (χ0n) is 10.1. The van der Waals surface area contributed by atoms with Gasteiger partial charge in [0.1, 0.15) is 0 Å². The van der Waals surface area contributed by atoms with Crippen molar-refractivity contribution in [2.45, 2.75) is 6.92 Å². The lowest BCUT2D eigenvalue weighted by molar-refractivity contribution is 0.0940. The molecule has 0 atom stereocenters. The summed E-state index contributed by atoms with van der Waals surface area (Å²) in [5.74, 6) is -0.542. The molecule has 1 aromatic carbocycles. The summed E-state index contributed by atoms with van der Waals surface area (Å²) in [4.78, 5) is 23.2. The van der Waals surface area contributed by atoms with E-state index in [0.717, 1.165) is 5.56 Å². The van der Waals surface area contributed by atoms with Crippen molar-refractivity contribution in [3.05, 3.63) is 52.9 Å². The quantitative estimate of drug-likeness (QED) is 0.886. The van der Waals surface area contributed by atoms with Gasteiger partial charge in [0.2, 0.25) is 0 Å². The number of rotatable bonds is 2. The average molecular weight is 279 g/mol. The van der Waals surface area contributed by atoms with Crippen LogP contribution in [-0.2, 0) is 0 Å². The number of carbonyl (C=O) groups excluding carboxylic acids is 2. The summed E-state index contributed by atoms with van der Waals surface area (Å²) in [5, 5.41) is 5.24. The second kappa shape index (κ2) is 5.58. The molecule has 0 radical (unpaired) electrons. The highest BCUT2D eigenvalue weighted by Gasteiger charge is 2.13. The Morgan fingerprint density at radius 1 is 1.21 bits per heavy atom. The van der Waals surface area contributed by atoms with E-state index >= 15 is 0 Å². The van der Waals surface area contributed by atoms with Crippen molar-refractivity contribution < 1.29 is 14.0 Å². The SMILES string of the molecule is Cc1c(Cl)cccc1NC(=O)NC(=O)c1ccco1. The van der Waals surface area contributed by atoms with E-state index in [2.05, 4.69) is 10.6 Å². The Bertz CT molecular complexity index is 608. The van der Waals surface area contributed by atoms with Crippen molar-refractivity contribution >= 4 is 29.2 Å². The second-order valence-electron chi connectivity index (χ2n) is 3.80. The zero-order chi connectivity index (χ0) is 13.8. The number of hydrogen-bond acceptors (Lipinski definition) is 3. The van der Waals surface area contributed by atoms with Gasteiger partial charge in [0.05, 0.1) is 6.26 Å². The van der Waals surface area contributed by atoms with Crippen LogP contribution >= 0.6 is 11.6 Å². The Kier molecular flexibility index (Phi) is 3.87. The molecule has 2 N–H and O–H groups in total. The molecule has 0 bridgehead atoms. The fraction of sp³-hybridized carbons (Fsp3) is 0.0769. The molecule has 1 aromatic heterocycles. The topological polar surface area (TPSA) is 71.3 Å². The highest BCUT2D eigenvalue weighted by Crippen LogP contribution is 2.22. The highest BCUT2D eigenvalue weighted by molar-refractivity contribution is 6.31. The summed E-state index contributed by atoms with van der Waals surface area (Å²) in [6.07, 6.45) is 1.36. The molecule has 0 unspecified atom stereocenters. The van der Waals surface area contributed by atoms with E-state index in [4.69, 9.17) is 16.0 Å². The van der Waals surface area contributed by atoms with Crippen LogP contribution < -0.4 is 10.6 Å². The van der Waals surface area contributed by atoms with Crippen LogP contribution in [0.25, 0.3) is 0 Å². The molecule has 3 amide bonds. The maximum atomic E-state index is 11.7. The van der Waals surface area contributed by atoms with E-state index in [0.29, 0.717) is 10.7 Å². The van der Waals surface area contributed by atoms with Crippen LogP contribution in [0.15, 0.2) is 41.0 Å². The van der Waals surface area contributed by atoms with Crippen LogP contribution in [0.1, 0.15) is 16.1 Å². The molecule has 5 nitrogen and oxygen atoms in total. The number of amides is 3. The Morgan fingerprint density at radius 2 is 2.00 bits per heavy atom. The van der Waals surface area contributed by atoms with Crippen molar-refractivity contribution in [3.8, 4) is 0 Å². The molecular formula is C13H11ClN2O3. The Labute approximate surface area is 114 Å². The summed E-state index contributed by atoms with van der Waals surface area (Å²) in [7, 11) is 0. The average Bonchev–Trinajstić information content (AvgIpc) is 2.88. The minimum absolute atomic E-state index is 0.0676. The van der Waals surface area contributed by atoms with Crippen LogP contribution in [-0.4, -0.2) is 11.9 Å². The van der Waals surface area contributed by atoms with E-state index < -0.39 is 11.9 Å². The number of nitrogens with one attached hydrogen (secondary N) is 2. The normalized spacial score (nSPS) is 10.0. The molecule has 1 heterocycles. The van der Waals surface area contributed by atoms with Crippen molar-refractivity contribution in [3.63, 3.8) is 0 Å². The number of halogens is 1. The van der Waals surface area contributed by atoms with Gasteiger partial charge in [-0.25, -0.2) is 4.79 Å². The van der Waals surface area contributed by atoms with Gasteiger partial charge in [-0.2, -0.15) is 0 Å². The number of urea groups is 1. The Hall–Kier alpha value is -2.27. The third-order valence-corrected chi connectivity index (χ3v) is 2.90. The van der Waals surface area contributed by atoms with Crippen LogP contribution in [0, 0.1) is 6.92 Å². The maximum Gasteiger partial charge on any atom is 0.326 e. The molecule has 0 saturated carbocycles. The van der Waals surface area contributed by atoms with Crippen LogP contribution in [0.4, 0.5) is 10.5 Å². The maximum absolute atomic E-state index is 11.7. The molecule has 0 aliphatic heterocycles. The lowest BCUT2D eigenvalue weighted by Crippen LogP contribution is -2.34. The lowest BCUT2D eigenvalue weighted by Gasteiger charge is -2.09. The molecule has 0 aliphatic rings. The Balaban J connectivity index is 2.02. The molecule has 6 heteroatoms. The van der Waals surface area contributed by atoms with Gasteiger partial charge >= 0.3 is 6.03 Å². The summed E-state index contributed by atoms with van der Waals surface area (Å²) >= 11 is 5.93. The third-order valence-electron chi connectivity index (χ3n) is 2.49. The molecular weight excluding hydrogens is 268 g/mol. The van der Waals surface area contributed by atoms with Crippen LogP contribution in [0.2, 0.25) is 5.02 Å². The first-order valence-corrected chi connectivity index (χ1v) is 5.86. The fourth-order valence-corrected chi connectivity index (χ4v) is 1.64. The van der Waals surface area contributed by atoms with E-state index in [1.807, 2.05) is 0 Å². The van der Waals surface area contributed by atoms with Crippen molar-refractivity contribution in [2.24, 2.45) is 0 Å². The molecule has 0 saturated heterocycles. The number of benzene rings is 1. The predicted molar refractivity (Wildman–Crippen MR) is 71.4 cm³/mol. The summed E-state index contributed by atoms with van der Waals surface area (Å²) < 4.78 is 4.88. The first-order chi connectivity index (χ1) is 9.08. The van der Waals surface area contributed by atoms with Gasteiger partial charge in [-0.3, -0.25) is 10.1 Å². The highest BCUT2D eigenvalue weighted by atomic mass is 35.5. The minimum Gasteiger partial charge on any atom is -0.459 e. The van der Waals surface area contributed by atoms with Crippen LogP contribution in [0.5, 0.6) is 0 Å². The Morgan fingerprint density at radius 3 is 2.68 bits per heavy atom. The monoisotopic (exact) mass is 278 g/mol. The smallest absolute Gasteiger partial charge is 0.326 e. The van der Waals surface area contributed by atoms with Gasteiger partial charge in [0, 0.05) is 10.7 Å². The van der Waals surface area contributed by atoms with Gasteiger partial charge in [-0.1, -0.05) is 17.7 Å². The molecule has 0 aliphatic carbocycles. The zero-order valence-corrected chi connectivity index (χ0v) is 10.8. The first kappa shape index (κ1) is 13.2. The third kappa shape index (κ3) is 3.14. The summed E-state index contributed by atoms with van der Waals surface area (Å²) in [6.45, 7) is 1.77. The van der Waals surface area contributed by atoms with E-state index in [1.54, 1.807) is 31.2 Å². The predicted octanol–water partition coefficient (Wildman–Crippen LogP) is 3.20. The first-order valence-electron chi connectivity index (χ1n) is 5.49. The molecule has 2 aromatic rings. The molecule has 2 rings (SSSR count). The van der Waals surface area contributed by atoms with Gasteiger partial charge in [0.25, 0.3) is 5.91 Å². The standard InChI is InChI=1S/C13H11ClN2O3/c1-8-9(14)4-2-5-10(8)15-13(18)16-12(17)11-6-3-7-19-11/h2-7H,1H3,(H2,15,16,17,18). The molecule has 19 heavy (non-hydrogen) atoms. The molecule has 0 fully saturated rings. The van der Waals surface area contributed by atoms with Crippen molar-refractivity contribution in [2.75, 3.05) is 5.32 Å². The number of furan rings is 1. The summed E-state index contributed by atoms with van der Waals surface area (Å²) in [6, 6.07) is 7.50. The van der Waals surface area contributed by atoms with Gasteiger partial charge < -0.3 is 9.73 Å².